The second-order valence-electron chi connectivity index (χ2n) is 3.46. The summed E-state index contributed by atoms with van der Waals surface area (Å²) < 4.78 is 1.91. The van der Waals surface area contributed by atoms with E-state index in [0.717, 1.165) is 18.5 Å². The fourth-order valence-corrected chi connectivity index (χ4v) is 1.98. The maximum Gasteiger partial charge on any atom is 0.0953 e. The van der Waals surface area contributed by atoms with Crippen LogP contribution in [0.4, 0.5) is 0 Å². The molecule has 3 heteroatoms. The van der Waals surface area contributed by atoms with Crippen LogP contribution in [0.5, 0.6) is 0 Å². The molecule has 1 aliphatic rings. The van der Waals surface area contributed by atoms with Crippen LogP contribution in [0.3, 0.4) is 0 Å². The van der Waals surface area contributed by atoms with Gasteiger partial charge >= 0.3 is 0 Å². The van der Waals surface area contributed by atoms with Crippen LogP contribution in [0.2, 0.25) is 0 Å². The molecule has 0 bridgehead atoms. The number of hydrogen-bond donors (Lipinski definition) is 1. The number of nitrogens with zero attached hydrogens (tertiary/aromatic N) is 2. The highest BCUT2D eigenvalue weighted by Crippen LogP contribution is 2.27. The third kappa shape index (κ3) is 0.966. The van der Waals surface area contributed by atoms with Gasteiger partial charge in [0.2, 0.25) is 0 Å². The third-order valence-electron chi connectivity index (χ3n) is 2.54. The van der Waals surface area contributed by atoms with Crippen LogP contribution in [0.15, 0.2) is 0 Å². The quantitative estimate of drug-likeness (QED) is 0.675. The molecule has 0 radical (unpaired) electrons. The van der Waals surface area contributed by atoms with Crippen molar-refractivity contribution in [1.82, 2.24) is 9.78 Å². The summed E-state index contributed by atoms with van der Waals surface area (Å²) >= 11 is 0. The van der Waals surface area contributed by atoms with Crippen LogP contribution in [0.1, 0.15) is 36.4 Å². The van der Waals surface area contributed by atoms with Gasteiger partial charge in [0, 0.05) is 12.7 Å². The van der Waals surface area contributed by atoms with Crippen LogP contribution in [0, 0.1) is 0 Å². The molecule has 0 saturated heterocycles. The summed E-state index contributed by atoms with van der Waals surface area (Å²) in [6.45, 7) is 1.78. The standard InChI is InChI=1S/C9H14N2O/c1-6(12)9-7-4-3-5-8(7)11(2)10-9/h6,12H,3-5H2,1-2H3. The molecule has 0 spiro atoms. The smallest absolute Gasteiger partial charge is 0.0953 e. The molecule has 0 amide bonds. The first-order valence-electron chi connectivity index (χ1n) is 4.43. The van der Waals surface area contributed by atoms with Crippen molar-refractivity contribution in [3.05, 3.63) is 17.0 Å². The van der Waals surface area contributed by atoms with Crippen LogP contribution in [0.25, 0.3) is 0 Å². The van der Waals surface area contributed by atoms with Gasteiger partial charge in [-0.2, -0.15) is 5.10 Å². The lowest BCUT2D eigenvalue weighted by atomic mass is 10.1. The molecular formula is C9H14N2O. The van der Waals surface area contributed by atoms with Gasteiger partial charge in [-0.05, 0) is 31.7 Å². The summed E-state index contributed by atoms with van der Waals surface area (Å²) in [5.41, 5.74) is 3.48. The van der Waals surface area contributed by atoms with Crippen molar-refractivity contribution in [2.45, 2.75) is 32.3 Å². The number of aryl methyl sites for hydroxylation is 1. The third-order valence-corrected chi connectivity index (χ3v) is 2.54. The Labute approximate surface area is 72.0 Å². The second-order valence-corrected chi connectivity index (χ2v) is 3.46. The summed E-state index contributed by atoms with van der Waals surface area (Å²) in [4.78, 5) is 0. The summed E-state index contributed by atoms with van der Waals surface area (Å²) in [7, 11) is 1.95. The van der Waals surface area contributed by atoms with E-state index in [9.17, 15) is 5.11 Å². The SMILES string of the molecule is CC(O)c1nn(C)c2c1CCC2. The fourth-order valence-electron chi connectivity index (χ4n) is 1.98. The van der Waals surface area contributed by atoms with Crippen molar-refractivity contribution >= 4 is 0 Å². The molecule has 0 aliphatic heterocycles. The molecule has 66 valence electrons. The molecule has 1 heterocycles. The van der Waals surface area contributed by atoms with E-state index in [0.29, 0.717) is 0 Å². The topological polar surface area (TPSA) is 38.1 Å². The fraction of sp³-hybridized carbons (Fsp3) is 0.667. The van der Waals surface area contributed by atoms with E-state index in [4.69, 9.17) is 0 Å². The van der Waals surface area contributed by atoms with Gasteiger partial charge in [-0.3, -0.25) is 4.68 Å². The van der Waals surface area contributed by atoms with Crippen LogP contribution in [-0.2, 0) is 19.9 Å². The van der Waals surface area contributed by atoms with Crippen molar-refractivity contribution in [3.63, 3.8) is 0 Å². The molecular weight excluding hydrogens is 152 g/mol. The molecule has 12 heavy (non-hydrogen) atoms. The normalized spacial score (nSPS) is 17.9. The summed E-state index contributed by atoms with van der Waals surface area (Å²) in [6, 6.07) is 0. The van der Waals surface area contributed by atoms with Gasteiger partial charge in [0.05, 0.1) is 11.8 Å². The minimum absolute atomic E-state index is 0.418. The van der Waals surface area contributed by atoms with Crippen LogP contribution < -0.4 is 0 Å². The Hall–Kier alpha value is -0.830. The van der Waals surface area contributed by atoms with Gasteiger partial charge < -0.3 is 5.11 Å². The molecule has 0 aromatic carbocycles. The highest BCUT2D eigenvalue weighted by Gasteiger charge is 2.22. The van der Waals surface area contributed by atoms with Gasteiger partial charge in [-0.25, -0.2) is 0 Å². The van der Waals surface area contributed by atoms with Gasteiger partial charge in [0.25, 0.3) is 0 Å². The molecule has 3 nitrogen and oxygen atoms in total. The molecule has 2 rings (SSSR count). The van der Waals surface area contributed by atoms with E-state index < -0.39 is 6.10 Å². The van der Waals surface area contributed by atoms with Crippen molar-refractivity contribution in [3.8, 4) is 0 Å². The minimum Gasteiger partial charge on any atom is -0.387 e. The molecule has 1 aromatic heterocycles. The molecule has 0 saturated carbocycles. The van der Waals surface area contributed by atoms with E-state index in [1.807, 2.05) is 11.7 Å². The predicted molar refractivity (Wildman–Crippen MR) is 45.9 cm³/mol. The van der Waals surface area contributed by atoms with Gasteiger partial charge in [-0.1, -0.05) is 0 Å². The lowest BCUT2D eigenvalue weighted by Gasteiger charge is -2.00. The van der Waals surface area contributed by atoms with E-state index in [1.54, 1.807) is 6.92 Å². The Morgan fingerprint density at radius 3 is 2.92 bits per heavy atom. The number of aromatic nitrogens is 2. The zero-order chi connectivity index (χ0) is 8.72. The molecule has 1 aromatic rings. The Bertz CT molecular complexity index is 302. The number of rotatable bonds is 1. The number of aliphatic hydroxyl groups excluding tert-OH is 1. The molecule has 1 atom stereocenters. The summed E-state index contributed by atoms with van der Waals surface area (Å²) in [5, 5.41) is 13.7. The van der Waals surface area contributed by atoms with E-state index in [-0.39, 0.29) is 0 Å². The first kappa shape index (κ1) is 7.80. The van der Waals surface area contributed by atoms with Crippen molar-refractivity contribution in [1.29, 1.82) is 0 Å². The first-order chi connectivity index (χ1) is 5.70. The minimum atomic E-state index is -0.418. The van der Waals surface area contributed by atoms with Crippen molar-refractivity contribution < 1.29 is 5.11 Å². The van der Waals surface area contributed by atoms with Crippen LogP contribution in [-0.4, -0.2) is 14.9 Å². The lowest BCUT2D eigenvalue weighted by molar-refractivity contribution is 0.192. The Morgan fingerprint density at radius 1 is 1.50 bits per heavy atom. The van der Waals surface area contributed by atoms with Gasteiger partial charge in [0.1, 0.15) is 0 Å². The number of aliphatic hydroxyl groups is 1. The van der Waals surface area contributed by atoms with Crippen LogP contribution >= 0.6 is 0 Å². The zero-order valence-corrected chi connectivity index (χ0v) is 7.54. The average molecular weight is 166 g/mol. The Kier molecular flexibility index (Phi) is 1.68. The highest BCUT2D eigenvalue weighted by atomic mass is 16.3. The summed E-state index contributed by atoms with van der Waals surface area (Å²) in [6.07, 6.45) is 2.99. The maximum absolute atomic E-state index is 9.43. The molecule has 1 N–H and O–H groups in total. The lowest BCUT2D eigenvalue weighted by Crippen LogP contribution is -1.99. The summed E-state index contributed by atoms with van der Waals surface area (Å²) in [5.74, 6) is 0. The first-order valence-corrected chi connectivity index (χ1v) is 4.43. The monoisotopic (exact) mass is 166 g/mol. The van der Waals surface area contributed by atoms with Gasteiger partial charge in [-0.15, -0.1) is 0 Å². The molecule has 0 fully saturated rings. The number of fused-ring (bicyclic) bond motifs is 1. The predicted octanol–water partition coefficient (Wildman–Crippen LogP) is 0.962. The molecule has 1 aliphatic carbocycles. The zero-order valence-electron chi connectivity index (χ0n) is 7.54. The van der Waals surface area contributed by atoms with Crippen molar-refractivity contribution in [2.75, 3.05) is 0 Å². The highest BCUT2D eigenvalue weighted by molar-refractivity contribution is 5.31. The van der Waals surface area contributed by atoms with E-state index in [2.05, 4.69) is 5.10 Å². The second kappa shape index (κ2) is 2.59. The van der Waals surface area contributed by atoms with Gasteiger partial charge in [0.15, 0.2) is 0 Å². The Morgan fingerprint density at radius 2 is 2.25 bits per heavy atom. The average Bonchev–Trinajstić information content (AvgIpc) is 2.53. The van der Waals surface area contributed by atoms with Crippen molar-refractivity contribution in [2.24, 2.45) is 7.05 Å². The number of hydrogen-bond acceptors (Lipinski definition) is 2. The Balaban J connectivity index is 2.51. The maximum atomic E-state index is 9.43. The largest absolute Gasteiger partial charge is 0.387 e. The van der Waals surface area contributed by atoms with E-state index >= 15 is 0 Å². The molecule has 1 unspecified atom stereocenters. The van der Waals surface area contributed by atoms with E-state index in [1.165, 1.54) is 17.7 Å².